The molecule has 0 bridgehead atoms. The maximum absolute atomic E-state index is 12.7. The highest BCUT2D eigenvalue weighted by Crippen LogP contribution is 2.42. The number of allylic oxidation sites excluding steroid dienone is 4. The van der Waals surface area contributed by atoms with Crippen LogP contribution < -0.4 is 10.9 Å². The third kappa shape index (κ3) is 8.83. The molecule has 0 fully saturated rings. The van der Waals surface area contributed by atoms with E-state index in [1.54, 1.807) is 22.9 Å². The number of aromatic hydroxyl groups is 1. The molecule has 0 aromatic carbocycles. The van der Waals surface area contributed by atoms with E-state index in [0.717, 1.165) is 49.5 Å². The van der Waals surface area contributed by atoms with Crippen LogP contribution in [0.15, 0.2) is 47.7 Å². The topological polar surface area (TPSA) is 99.9 Å². The number of likely N-dealkylation sites (N-methyl/N-ethyl adjacent to an activating group) is 2. The average molecular weight is 547 g/mol. The number of rotatable bonds is 12. The second kappa shape index (κ2) is 17.0. The van der Waals surface area contributed by atoms with Crippen LogP contribution in [-0.2, 0) is 29.7 Å². The zero-order chi connectivity index (χ0) is 29.6. The molecule has 0 aliphatic carbocycles. The van der Waals surface area contributed by atoms with E-state index in [1.807, 2.05) is 41.7 Å². The summed E-state index contributed by atoms with van der Waals surface area (Å²) in [7, 11) is 4.08. The number of halogens is 1. The molecule has 0 radical (unpaired) electrons. The number of pyridine rings is 2. The standard InChI is InChI=1S/C20H21FN2O3.C8H20N2O.C2H6/c1-4-12(6-5-7-21)8-13-9-22-16-17-15(13)20(2,3)11-23(17)19(26)14(10-24)18(16)25;1-4-11-8-7-10(3)6-5-9-2;1-2/h4-7,9,24-25H,1,8,10-11H2,2-3H3;9H,4-8H2,1-3H3;1-2H3/b7-5+,12-6+;;. The molecule has 0 unspecified atom stereocenters. The van der Waals surface area contributed by atoms with Gasteiger partial charge in [0.25, 0.3) is 5.56 Å². The van der Waals surface area contributed by atoms with E-state index in [9.17, 15) is 19.4 Å². The molecule has 3 rings (SSSR count). The molecule has 2 aromatic heterocycles. The molecule has 0 saturated carbocycles. The summed E-state index contributed by atoms with van der Waals surface area (Å²) in [4.78, 5) is 19.3. The molecule has 39 heavy (non-hydrogen) atoms. The number of aliphatic hydroxyl groups excluding tert-OH is 1. The number of aliphatic hydroxyl groups is 1. The zero-order valence-corrected chi connectivity index (χ0v) is 24.7. The van der Waals surface area contributed by atoms with Crippen LogP contribution >= 0.6 is 0 Å². The smallest absolute Gasteiger partial charge is 0.260 e. The van der Waals surface area contributed by atoms with Crippen LogP contribution in [0.5, 0.6) is 5.75 Å². The highest BCUT2D eigenvalue weighted by Gasteiger charge is 2.37. The highest BCUT2D eigenvalue weighted by molar-refractivity contribution is 5.88. The molecule has 2 aromatic rings. The first-order valence-corrected chi connectivity index (χ1v) is 13.5. The van der Waals surface area contributed by atoms with Gasteiger partial charge in [-0.05, 0) is 50.2 Å². The van der Waals surface area contributed by atoms with Gasteiger partial charge in [-0.3, -0.25) is 9.78 Å². The largest absolute Gasteiger partial charge is 0.505 e. The maximum Gasteiger partial charge on any atom is 0.260 e. The third-order valence-corrected chi connectivity index (χ3v) is 6.41. The Bertz CT molecular complexity index is 1190. The number of hydrogen-bond donors (Lipinski definition) is 3. The van der Waals surface area contributed by atoms with Crippen molar-refractivity contribution >= 4 is 11.0 Å². The summed E-state index contributed by atoms with van der Waals surface area (Å²) in [5.41, 5.74) is 2.74. The van der Waals surface area contributed by atoms with E-state index in [4.69, 9.17) is 4.74 Å². The molecule has 8 nitrogen and oxygen atoms in total. The first kappa shape index (κ1) is 34.2. The second-order valence-corrected chi connectivity index (χ2v) is 9.66. The second-order valence-electron chi connectivity index (χ2n) is 9.66. The van der Waals surface area contributed by atoms with Crippen LogP contribution in [0.25, 0.3) is 11.0 Å². The fourth-order valence-electron chi connectivity index (χ4n) is 4.50. The summed E-state index contributed by atoms with van der Waals surface area (Å²) in [6.45, 7) is 18.5. The van der Waals surface area contributed by atoms with Gasteiger partial charge < -0.3 is 29.7 Å². The molecule has 1 aliphatic heterocycles. The third-order valence-electron chi connectivity index (χ3n) is 6.41. The molecule has 3 heterocycles. The summed E-state index contributed by atoms with van der Waals surface area (Å²) < 4.78 is 19.1. The Hall–Kier alpha value is -2.85. The number of aromatic nitrogens is 2. The van der Waals surface area contributed by atoms with Gasteiger partial charge in [0.05, 0.1) is 30.6 Å². The fraction of sp³-hybridized carbons (Fsp3) is 0.533. The summed E-state index contributed by atoms with van der Waals surface area (Å²) in [5, 5.41) is 23.0. The van der Waals surface area contributed by atoms with Crippen molar-refractivity contribution in [2.75, 3.05) is 46.9 Å². The van der Waals surface area contributed by atoms with Crippen LogP contribution in [0.4, 0.5) is 4.39 Å². The molecular weight excluding hydrogens is 499 g/mol. The number of nitrogens with zero attached hydrogens (tertiary/aromatic N) is 3. The zero-order valence-electron chi connectivity index (χ0n) is 24.7. The van der Waals surface area contributed by atoms with Gasteiger partial charge in [0.15, 0.2) is 5.75 Å². The van der Waals surface area contributed by atoms with E-state index < -0.39 is 12.2 Å². The van der Waals surface area contributed by atoms with Crippen LogP contribution in [0.1, 0.15) is 51.3 Å². The molecule has 3 N–H and O–H groups in total. The summed E-state index contributed by atoms with van der Waals surface area (Å²) in [6.07, 6.45) is 7.18. The van der Waals surface area contributed by atoms with Crippen molar-refractivity contribution in [2.45, 2.75) is 59.6 Å². The monoisotopic (exact) mass is 546 g/mol. The van der Waals surface area contributed by atoms with Crippen LogP contribution in [0, 0.1) is 0 Å². The summed E-state index contributed by atoms with van der Waals surface area (Å²) in [6, 6.07) is 0. The summed E-state index contributed by atoms with van der Waals surface area (Å²) >= 11 is 0. The minimum Gasteiger partial charge on any atom is -0.505 e. The normalized spacial score (nSPS) is 13.8. The molecule has 0 saturated heterocycles. The van der Waals surface area contributed by atoms with Crippen molar-refractivity contribution in [2.24, 2.45) is 0 Å². The van der Waals surface area contributed by atoms with Crippen molar-refractivity contribution in [1.82, 2.24) is 19.8 Å². The maximum atomic E-state index is 12.7. The van der Waals surface area contributed by atoms with Crippen molar-refractivity contribution < 1.29 is 19.3 Å². The molecule has 0 spiro atoms. The van der Waals surface area contributed by atoms with Gasteiger partial charge in [-0.2, -0.15) is 0 Å². The van der Waals surface area contributed by atoms with Crippen molar-refractivity contribution in [1.29, 1.82) is 0 Å². The lowest BCUT2D eigenvalue weighted by Gasteiger charge is -2.21. The molecule has 0 atom stereocenters. The average Bonchev–Trinajstić information content (AvgIpc) is 3.23. The van der Waals surface area contributed by atoms with Crippen LogP contribution in [0.3, 0.4) is 0 Å². The fourth-order valence-corrected chi connectivity index (χ4v) is 4.50. The van der Waals surface area contributed by atoms with Crippen LogP contribution in [-0.4, -0.2) is 71.6 Å². The van der Waals surface area contributed by atoms with E-state index in [0.29, 0.717) is 30.3 Å². The van der Waals surface area contributed by atoms with E-state index in [1.165, 1.54) is 6.08 Å². The van der Waals surface area contributed by atoms with Gasteiger partial charge in [-0.1, -0.05) is 46.4 Å². The van der Waals surface area contributed by atoms with Gasteiger partial charge in [-0.25, -0.2) is 4.39 Å². The van der Waals surface area contributed by atoms with Crippen molar-refractivity contribution in [3.05, 3.63) is 70.0 Å². The van der Waals surface area contributed by atoms with Gasteiger partial charge in [0.1, 0.15) is 5.52 Å². The Labute approximate surface area is 232 Å². The predicted molar refractivity (Wildman–Crippen MR) is 158 cm³/mol. The van der Waals surface area contributed by atoms with Crippen LogP contribution in [0.2, 0.25) is 0 Å². The Morgan fingerprint density at radius 3 is 2.62 bits per heavy atom. The molecular formula is C30H47FN4O4. The molecule has 9 heteroatoms. The Morgan fingerprint density at radius 1 is 1.36 bits per heavy atom. The Balaban J connectivity index is 0.000000495. The van der Waals surface area contributed by atoms with E-state index >= 15 is 0 Å². The minimum absolute atomic E-state index is 0.0406. The van der Waals surface area contributed by atoms with Crippen molar-refractivity contribution in [3.8, 4) is 5.75 Å². The predicted octanol–water partition coefficient (Wildman–Crippen LogP) is 4.22. The lowest BCUT2D eigenvalue weighted by atomic mass is 9.82. The number of ether oxygens (including phenoxy) is 1. The number of hydrogen-bond acceptors (Lipinski definition) is 7. The minimum atomic E-state index is -0.543. The lowest BCUT2D eigenvalue weighted by Crippen LogP contribution is -2.30. The quantitative estimate of drug-likeness (QED) is 0.271. The summed E-state index contributed by atoms with van der Waals surface area (Å²) in [5.74, 6) is -0.269. The van der Waals surface area contributed by atoms with Gasteiger partial charge in [-0.15, -0.1) is 0 Å². The van der Waals surface area contributed by atoms with E-state index in [-0.39, 0.29) is 16.7 Å². The molecule has 218 valence electrons. The van der Waals surface area contributed by atoms with Gasteiger partial charge in [0.2, 0.25) is 0 Å². The van der Waals surface area contributed by atoms with Crippen molar-refractivity contribution in [3.63, 3.8) is 0 Å². The van der Waals surface area contributed by atoms with E-state index in [2.05, 4.69) is 28.8 Å². The lowest BCUT2D eigenvalue weighted by molar-refractivity contribution is 0.122. The number of nitrogens with one attached hydrogen (secondary N) is 1. The van der Waals surface area contributed by atoms with Gasteiger partial charge in [0, 0.05) is 44.4 Å². The molecule has 1 aliphatic rings. The highest BCUT2D eigenvalue weighted by atomic mass is 19.1. The SMILES string of the molecule is C=C/C(=C\C=C\F)Cc1cnc2c(O)c(CO)c(=O)n3c2c1C(C)(C)C3.CC.CCOCCN(C)CCNC. The Morgan fingerprint density at radius 2 is 2.05 bits per heavy atom. The Kier molecular flexibility index (Phi) is 14.9. The molecule has 0 amide bonds. The first-order chi connectivity index (χ1) is 18.7. The first-order valence-electron chi connectivity index (χ1n) is 13.5. The van der Waals surface area contributed by atoms with Gasteiger partial charge >= 0.3 is 0 Å².